The van der Waals surface area contributed by atoms with E-state index in [0.717, 1.165) is 19.4 Å². The Labute approximate surface area is 199 Å². The molecule has 2 amide bonds. The van der Waals surface area contributed by atoms with Crippen LogP contribution in [-0.4, -0.2) is 69.9 Å². The molecule has 1 fully saturated rings. The number of carbonyl (C=O) groups excluding carboxylic acids is 3. The van der Waals surface area contributed by atoms with Crippen LogP contribution in [0.3, 0.4) is 0 Å². The van der Waals surface area contributed by atoms with E-state index in [0.29, 0.717) is 48.0 Å². The van der Waals surface area contributed by atoms with Crippen molar-refractivity contribution in [2.75, 3.05) is 47.1 Å². The van der Waals surface area contributed by atoms with Crippen LogP contribution in [0.25, 0.3) is 0 Å². The van der Waals surface area contributed by atoms with Gasteiger partial charge in [0.25, 0.3) is 0 Å². The quantitative estimate of drug-likeness (QED) is 0.522. The minimum absolute atomic E-state index is 0.191. The maximum atomic E-state index is 13.1. The first-order chi connectivity index (χ1) is 16.4. The van der Waals surface area contributed by atoms with Crippen LogP contribution in [0.5, 0.6) is 11.5 Å². The summed E-state index contributed by atoms with van der Waals surface area (Å²) >= 11 is 0. The van der Waals surface area contributed by atoms with E-state index in [4.69, 9.17) is 18.9 Å². The van der Waals surface area contributed by atoms with E-state index >= 15 is 0 Å². The number of likely N-dealkylation sites (tertiary alicyclic amines) is 1. The Kier molecular flexibility index (Phi) is 8.75. The van der Waals surface area contributed by atoms with Crippen LogP contribution in [0.2, 0.25) is 0 Å². The van der Waals surface area contributed by atoms with Gasteiger partial charge < -0.3 is 29.6 Å². The number of urea groups is 1. The van der Waals surface area contributed by atoms with Crippen LogP contribution in [0, 0.1) is 5.92 Å². The molecule has 0 unspecified atom stereocenters. The summed E-state index contributed by atoms with van der Waals surface area (Å²) in [4.78, 5) is 40.0. The average molecular weight is 476 g/mol. The fraction of sp³-hybridized carbons (Fsp3) is 0.542. The highest BCUT2D eigenvalue weighted by atomic mass is 16.5. The third-order valence-electron chi connectivity index (χ3n) is 5.90. The first-order valence-corrected chi connectivity index (χ1v) is 11.5. The number of benzene rings is 1. The van der Waals surface area contributed by atoms with E-state index in [-0.39, 0.29) is 18.5 Å². The lowest BCUT2D eigenvalue weighted by atomic mass is 9.93. The summed E-state index contributed by atoms with van der Waals surface area (Å²) in [6.07, 6.45) is 1.57. The highest BCUT2D eigenvalue weighted by Gasteiger charge is 2.36. The Hall–Kier alpha value is -3.27. The number of carbonyl (C=O) groups is 3. The standard InChI is InChI=1S/C24H33N3O7/c1-5-33-22(28)16-8-7-11-27(13-16)14-17-20(23(29)34-6-2)21(26-24(30)25-17)15-9-10-18(31-3)19(12-15)32-4/h9-10,12,16,21H,5-8,11,13-14H2,1-4H3,(H2,25,26,30)/t16-,21+/m1/s1. The van der Waals surface area contributed by atoms with Crippen LogP contribution >= 0.6 is 0 Å². The molecule has 0 spiro atoms. The van der Waals surface area contributed by atoms with Gasteiger partial charge >= 0.3 is 18.0 Å². The molecule has 0 aromatic heterocycles. The first-order valence-electron chi connectivity index (χ1n) is 11.5. The maximum Gasteiger partial charge on any atom is 0.338 e. The fourth-order valence-electron chi connectivity index (χ4n) is 4.35. The van der Waals surface area contributed by atoms with Crippen molar-refractivity contribution < 1.29 is 33.3 Å². The third-order valence-corrected chi connectivity index (χ3v) is 5.90. The number of hydrogen-bond acceptors (Lipinski definition) is 8. The molecule has 10 heteroatoms. The molecule has 0 aliphatic carbocycles. The van der Waals surface area contributed by atoms with Gasteiger partial charge in [-0.2, -0.15) is 0 Å². The zero-order valence-corrected chi connectivity index (χ0v) is 20.1. The highest BCUT2D eigenvalue weighted by Crippen LogP contribution is 2.35. The predicted molar refractivity (Wildman–Crippen MR) is 123 cm³/mol. The molecule has 2 atom stereocenters. The van der Waals surface area contributed by atoms with E-state index < -0.39 is 18.0 Å². The molecule has 186 valence electrons. The second kappa shape index (κ2) is 11.7. The smallest absolute Gasteiger partial charge is 0.338 e. The maximum absolute atomic E-state index is 13.1. The van der Waals surface area contributed by atoms with Crippen LogP contribution < -0.4 is 20.1 Å². The van der Waals surface area contributed by atoms with Gasteiger partial charge in [0.2, 0.25) is 0 Å². The lowest BCUT2D eigenvalue weighted by molar-refractivity contribution is -0.150. The third kappa shape index (κ3) is 5.80. The minimum atomic E-state index is -0.742. The normalized spacial score (nSPS) is 20.8. The molecule has 1 saturated heterocycles. The van der Waals surface area contributed by atoms with Gasteiger partial charge in [0.15, 0.2) is 11.5 Å². The Balaban J connectivity index is 1.95. The van der Waals surface area contributed by atoms with Crippen molar-refractivity contribution in [1.29, 1.82) is 0 Å². The molecule has 34 heavy (non-hydrogen) atoms. The van der Waals surface area contributed by atoms with Crippen molar-refractivity contribution in [2.24, 2.45) is 5.92 Å². The molecule has 1 aromatic rings. The molecule has 2 aliphatic rings. The SMILES string of the molecule is CCOC(=O)C1=C(CN2CCC[C@@H](C(=O)OCC)C2)NC(=O)N[C@H]1c1ccc(OC)c(OC)c1. The number of ether oxygens (including phenoxy) is 4. The second-order valence-corrected chi connectivity index (χ2v) is 8.08. The van der Waals surface area contributed by atoms with E-state index in [2.05, 4.69) is 15.5 Å². The lowest BCUT2D eigenvalue weighted by Crippen LogP contribution is -2.50. The monoisotopic (exact) mass is 475 g/mol. The molecule has 0 saturated carbocycles. The molecule has 2 heterocycles. The fourth-order valence-corrected chi connectivity index (χ4v) is 4.35. The Morgan fingerprint density at radius 3 is 2.50 bits per heavy atom. The predicted octanol–water partition coefficient (Wildman–Crippen LogP) is 2.15. The first kappa shape index (κ1) is 25.4. The molecule has 1 aromatic carbocycles. The molecular formula is C24H33N3O7. The topological polar surface area (TPSA) is 115 Å². The number of nitrogens with zero attached hydrogens (tertiary/aromatic N) is 1. The van der Waals surface area contributed by atoms with Gasteiger partial charge in [-0.3, -0.25) is 9.69 Å². The highest BCUT2D eigenvalue weighted by molar-refractivity contribution is 5.95. The molecule has 2 N–H and O–H groups in total. The molecule has 0 radical (unpaired) electrons. The summed E-state index contributed by atoms with van der Waals surface area (Å²) < 4.78 is 21.2. The molecular weight excluding hydrogens is 442 g/mol. The molecule has 3 rings (SSSR count). The number of methoxy groups -OCH3 is 2. The summed E-state index contributed by atoms with van der Waals surface area (Å²) in [5.41, 5.74) is 1.41. The number of piperidine rings is 1. The van der Waals surface area contributed by atoms with Crippen molar-refractivity contribution in [3.63, 3.8) is 0 Å². The van der Waals surface area contributed by atoms with Gasteiger partial charge in [0, 0.05) is 18.8 Å². The summed E-state index contributed by atoms with van der Waals surface area (Å²) in [5, 5.41) is 5.61. The van der Waals surface area contributed by atoms with E-state index in [1.807, 2.05) is 0 Å². The van der Waals surface area contributed by atoms with Gasteiger partial charge in [0.05, 0.1) is 45.0 Å². The van der Waals surface area contributed by atoms with Crippen molar-refractivity contribution in [3.05, 3.63) is 35.0 Å². The van der Waals surface area contributed by atoms with Crippen molar-refractivity contribution in [1.82, 2.24) is 15.5 Å². The minimum Gasteiger partial charge on any atom is -0.493 e. The number of hydrogen-bond donors (Lipinski definition) is 2. The van der Waals surface area contributed by atoms with Crippen molar-refractivity contribution in [2.45, 2.75) is 32.7 Å². The summed E-state index contributed by atoms with van der Waals surface area (Å²) in [6, 6.07) is 4.05. The van der Waals surface area contributed by atoms with E-state index in [1.165, 1.54) is 14.2 Å². The van der Waals surface area contributed by atoms with Gasteiger partial charge in [-0.1, -0.05) is 6.07 Å². The Morgan fingerprint density at radius 1 is 1.09 bits per heavy atom. The summed E-state index contributed by atoms with van der Waals surface area (Å²) in [7, 11) is 3.06. The second-order valence-electron chi connectivity index (χ2n) is 8.08. The molecule has 0 bridgehead atoms. The van der Waals surface area contributed by atoms with E-state index in [9.17, 15) is 14.4 Å². The van der Waals surface area contributed by atoms with Crippen LogP contribution in [0.1, 0.15) is 38.3 Å². The number of nitrogens with one attached hydrogen (secondary N) is 2. The zero-order valence-electron chi connectivity index (χ0n) is 20.1. The molecule has 10 nitrogen and oxygen atoms in total. The van der Waals surface area contributed by atoms with Gasteiger partial charge in [-0.05, 0) is 50.9 Å². The van der Waals surface area contributed by atoms with Gasteiger partial charge in [-0.15, -0.1) is 0 Å². The van der Waals surface area contributed by atoms with E-state index in [1.54, 1.807) is 32.0 Å². The zero-order chi connectivity index (χ0) is 24.7. The van der Waals surface area contributed by atoms with Crippen LogP contribution in [0.4, 0.5) is 4.79 Å². The number of amides is 2. The van der Waals surface area contributed by atoms with Crippen LogP contribution in [0.15, 0.2) is 29.5 Å². The summed E-state index contributed by atoms with van der Waals surface area (Å²) in [6.45, 7) is 5.56. The lowest BCUT2D eigenvalue weighted by Gasteiger charge is -2.35. The van der Waals surface area contributed by atoms with Crippen molar-refractivity contribution >= 4 is 18.0 Å². The Bertz CT molecular complexity index is 946. The largest absolute Gasteiger partial charge is 0.493 e. The van der Waals surface area contributed by atoms with Gasteiger partial charge in [-0.25, -0.2) is 9.59 Å². The molecule has 2 aliphatic heterocycles. The Morgan fingerprint density at radius 2 is 1.82 bits per heavy atom. The average Bonchev–Trinajstić information content (AvgIpc) is 2.83. The van der Waals surface area contributed by atoms with Crippen LogP contribution in [-0.2, 0) is 19.1 Å². The summed E-state index contributed by atoms with van der Waals surface area (Å²) in [5.74, 6) is 0.0325. The number of esters is 2. The number of rotatable bonds is 9. The van der Waals surface area contributed by atoms with Gasteiger partial charge in [0.1, 0.15) is 0 Å². The van der Waals surface area contributed by atoms with Crippen molar-refractivity contribution in [3.8, 4) is 11.5 Å².